The van der Waals surface area contributed by atoms with Crippen molar-refractivity contribution in [1.82, 2.24) is 15.5 Å². The van der Waals surface area contributed by atoms with E-state index in [1.165, 1.54) is 64.5 Å². The van der Waals surface area contributed by atoms with E-state index in [1.807, 2.05) is 0 Å². The summed E-state index contributed by atoms with van der Waals surface area (Å²) >= 11 is 0. The van der Waals surface area contributed by atoms with E-state index >= 15 is 0 Å². The molecule has 28 heavy (non-hydrogen) atoms. The van der Waals surface area contributed by atoms with Crippen LogP contribution in [0.1, 0.15) is 67.7 Å². The molecular weight excluding hydrogens is 469 g/mol. The molecule has 0 spiro atoms. The Morgan fingerprint density at radius 1 is 1.14 bits per heavy atom. The Hall–Kier alpha value is -1.29. The minimum Gasteiger partial charge on any atom is -0.454 e. The van der Waals surface area contributed by atoms with E-state index < -0.39 is 5.91 Å². The third kappa shape index (κ3) is 5.85. The molecule has 1 aliphatic carbocycles. The Morgan fingerprint density at radius 2 is 1.82 bits per heavy atom. The summed E-state index contributed by atoms with van der Waals surface area (Å²) in [6.07, 6.45) is 10.5. The minimum absolute atomic E-state index is 0. The van der Waals surface area contributed by atoms with Crippen LogP contribution in [-0.2, 0) is 6.54 Å². The predicted molar refractivity (Wildman–Crippen MR) is 122 cm³/mol. The number of amides is 1. The van der Waals surface area contributed by atoms with Crippen molar-refractivity contribution < 1.29 is 9.21 Å². The van der Waals surface area contributed by atoms with Crippen molar-refractivity contribution in [3.63, 3.8) is 0 Å². The molecule has 2 fully saturated rings. The van der Waals surface area contributed by atoms with Gasteiger partial charge in [-0.15, -0.1) is 24.0 Å². The number of carbonyl (C=O) groups excluding carboxylic acids is 1. The van der Waals surface area contributed by atoms with Gasteiger partial charge in [-0.3, -0.25) is 14.7 Å². The fourth-order valence-electron chi connectivity index (χ4n) is 4.43. The number of rotatable bonds is 6. The van der Waals surface area contributed by atoms with Crippen LogP contribution in [0.3, 0.4) is 0 Å². The Labute approximate surface area is 184 Å². The standard InChI is InChI=1S/C20H33N5O2.HI/c1-22-19(23-14-16-8-9-17(27-16)18(21)26)24-15-20(10-4-2-5-11-20)25-12-6-3-7-13-25;/h8-9H,2-7,10-15H2,1H3,(H2,21,26)(H2,22,23,24);1H. The van der Waals surface area contributed by atoms with Gasteiger partial charge in [0.15, 0.2) is 11.7 Å². The van der Waals surface area contributed by atoms with Crippen LogP contribution in [0.4, 0.5) is 0 Å². The van der Waals surface area contributed by atoms with Gasteiger partial charge in [0.1, 0.15) is 5.76 Å². The Bertz CT molecular complexity index is 649. The van der Waals surface area contributed by atoms with E-state index in [9.17, 15) is 4.79 Å². The third-order valence-corrected chi connectivity index (χ3v) is 5.95. The molecule has 2 heterocycles. The van der Waals surface area contributed by atoms with Gasteiger partial charge in [0.05, 0.1) is 6.54 Å². The normalized spacial score (nSPS) is 20.2. The number of likely N-dealkylation sites (tertiary alicyclic amines) is 1. The van der Waals surface area contributed by atoms with Crippen LogP contribution >= 0.6 is 24.0 Å². The second-order valence-electron chi connectivity index (χ2n) is 7.74. The van der Waals surface area contributed by atoms with Gasteiger partial charge in [-0.05, 0) is 50.9 Å². The van der Waals surface area contributed by atoms with Gasteiger partial charge in [0.2, 0.25) is 0 Å². The van der Waals surface area contributed by atoms with Gasteiger partial charge < -0.3 is 20.8 Å². The van der Waals surface area contributed by atoms with Crippen LogP contribution in [0, 0.1) is 0 Å². The number of nitrogens with two attached hydrogens (primary N) is 1. The van der Waals surface area contributed by atoms with Crippen molar-refractivity contribution in [2.45, 2.75) is 63.5 Å². The number of carbonyl (C=O) groups is 1. The lowest BCUT2D eigenvalue weighted by Crippen LogP contribution is -2.59. The maximum Gasteiger partial charge on any atom is 0.284 e. The molecule has 0 radical (unpaired) electrons. The van der Waals surface area contributed by atoms with Gasteiger partial charge in [-0.1, -0.05) is 25.7 Å². The molecular formula is C20H34IN5O2. The summed E-state index contributed by atoms with van der Waals surface area (Å²) in [4.78, 5) is 18.2. The zero-order chi connectivity index (χ0) is 19.1. The van der Waals surface area contributed by atoms with Crippen molar-refractivity contribution >= 4 is 35.8 Å². The Kier molecular flexibility index (Phi) is 9.07. The molecule has 1 saturated heterocycles. The summed E-state index contributed by atoms with van der Waals surface area (Å²) < 4.78 is 5.42. The van der Waals surface area contributed by atoms with Gasteiger partial charge in [0, 0.05) is 19.1 Å². The number of piperidine rings is 1. The topological polar surface area (TPSA) is 95.9 Å². The molecule has 0 unspecified atom stereocenters. The lowest BCUT2D eigenvalue weighted by atomic mass is 9.79. The number of furan rings is 1. The number of nitrogens with one attached hydrogen (secondary N) is 2. The Balaban J connectivity index is 0.00000280. The van der Waals surface area contributed by atoms with Crippen LogP contribution in [0.5, 0.6) is 0 Å². The summed E-state index contributed by atoms with van der Waals surface area (Å²) in [5.74, 6) is 1.05. The molecule has 0 aromatic carbocycles. The van der Waals surface area contributed by atoms with Gasteiger partial charge in [-0.2, -0.15) is 0 Å². The van der Waals surface area contributed by atoms with E-state index in [0.717, 1.165) is 12.5 Å². The van der Waals surface area contributed by atoms with E-state index in [0.29, 0.717) is 12.3 Å². The largest absolute Gasteiger partial charge is 0.454 e. The van der Waals surface area contributed by atoms with E-state index in [2.05, 4.69) is 20.5 Å². The lowest BCUT2D eigenvalue weighted by molar-refractivity contribution is 0.0368. The second kappa shape index (κ2) is 11.0. The first-order chi connectivity index (χ1) is 13.1. The van der Waals surface area contributed by atoms with Crippen molar-refractivity contribution in [3.05, 3.63) is 23.7 Å². The summed E-state index contributed by atoms with van der Waals surface area (Å²) in [6.45, 7) is 3.81. The molecule has 1 aliphatic heterocycles. The summed E-state index contributed by atoms with van der Waals surface area (Å²) in [5, 5.41) is 6.81. The molecule has 1 aromatic rings. The smallest absolute Gasteiger partial charge is 0.284 e. The summed E-state index contributed by atoms with van der Waals surface area (Å²) in [6, 6.07) is 3.36. The highest BCUT2D eigenvalue weighted by Gasteiger charge is 2.38. The van der Waals surface area contributed by atoms with Crippen molar-refractivity contribution in [2.24, 2.45) is 10.7 Å². The van der Waals surface area contributed by atoms with Crippen LogP contribution in [0.25, 0.3) is 0 Å². The summed E-state index contributed by atoms with van der Waals surface area (Å²) in [5.41, 5.74) is 5.48. The average molecular weight is 503 g/mol. The second-order valence-corrected chi connectivity index (χ2v) is 7.74. The van der Waals surface area contributed by atoms with Crippen molar-refractivity contribution in [3.8, 4) is 0 Å². The number of aliphatic imine (C=N–C) groups is 1. The fourth-order valence-corrected chi connectivity index (χ4v) is 4.43. The first kappa shape index (κ1) is 23.0. The molecule has 4 N–H and O–H groups in total. The van der Waals surface area contributed by atoms with E-state index in [1.54, 1.807) is 19.2 Å². The quantitative estimate of drug-likeness (QED) is 0.315. The number of primary amides is 1. The van der Waals surface area contributed by atoms with E-state index in [-0.39, 0.29) is 35.3 Å². The zero-order valence-corrected chi connectivity index (χ0v) is 19.2. The maximum absolute atomic E-state index is 11.1. The number of hydrogen-bond donors (Lipinski definition) is 3. The monoisotopic (exact) mass is 503 g/mol. The highest BCUT2D eigenvalue weighted by Crippen LogP contribution is 2.35. The van der Waals surface area contributed by atoms with Crippen LogP contribution < -0.4 is 16.4 Å². The molecule has 7 nitrogen and oxygen atoms in total. The molecule has 2 aliphatic rings. The number of nitrogens with zero attached hydrogens (tertiary/aromatic N) is 2. The molecule has 1 aromatic heterocycles. The highest BCUT2D eigenvalue weighted by atomic mass is 127. The molecule has 0 bridgehead atoms. The summed E-state index contributed by atoms with van der Waals surface area (Å²) in [7, 11) is 1.78. The molecule has 1 amide bonds. The lowest BCUT2D eigenvalue weighted by Gasteiger charge is -2.48. The molecule has 158 valence electrons. The van der Waals surface area contributed by atoms with Crippen LogP contribution in [0.2, 0.25) is 0 Å². The van der Waals surface area contributed by atoms with Crippen molar-refractivity contribution in [1.29, 1.82) is 0 Å². The van der Waals surface area contributed by atoms with Crippen LogP contribution in [-0.4, -0.2) is 49.0 Å². The number of guanidine groups is 1. The fraction of sp³-hybridized carbons (Fsp3) is 0.700. The maximum atomic E-state index is 11.1. The van der Waals surface area contributed by atoms with Crippen molar-refractivity contribution in [2.75, 3.05) is 26.7 Å². The third-order valence-electron chi connectivity index (χ3n) is 5.95. The van der Waals surface area contributed by atoms with Crippen LogP contribution in [0.15, 0.2) is 21.5 Å². The molecule has 3 rings (SSSR count). The van der Waals surface area contributed by atoms with Gasteiger partial charge in [0.25, 0.3) is 5.91 Å². The van der Waals surface area contributed by atoms with E-state index in [4.69, 9.17) is 10.2 Å². The first-order valence-corrected chi connectivity index (χ1v) is 10.2. The molecule has 1 saturated carbocycles. The number of hydrogen-bond acceptors (Lipinski definition) is 4. The SMILES string of the molecule is CN=C(NCc1ccc(C(N)=O)o1)NCC1(N2CCCCC2)CCCCC1.I. The average Bonchev–Trinajstić information content (AvgIpc) is 3.19. The number of halogens is 1. The van der Waals surface area contributed by atoms with Gasteiger partial charge >= 0.3 is 0 Å². The minimum atomic E-state index is -0.551. The predicted octanol–water partition coefficient (Wildman–Crippen LogP) is 2.85. The van der Waals surface area contributed by atoms with Gasteiger partial charge in [-0.25, -0.2) is 0 Å². The molecule has 0 atom stereocenters. The Morgan fingerprint density at radius 3 is 2.43 bits per heavy atom. The zero-order valence-electron chi connectivity index (χ0n) is 16.8. The first-order valence-electron chi connectivity index (χ1n) is 10.2. The highest BCUT2D eigenvalue weighted by molar-refractivity contribution is 14.0. The molecule has 8 heteroatoms.